The average molecular weight is 125 g/mol. The lowest BCUT2D eigenvalue weighted by atomic mass is 10.3. The molecule has 0 bridgehead atoms. The Morgan fingerprint density at radius 1 is 1.67 bits per heavy atom. The Morgan fingerprint density at radius 3 is 2.78 bits per heavy atom. The van der Waals surface area contributed by atoms with E-state index in [1.54, 1.807) is 0 Å². The zero-order valence-electron chi connectivity index (χ0n) is 6.28. The first-order chi connectivity index (χ1) is 4.31. The van der Waals surface area contributed by atoms with Crippen LogP contribution in [0, 0.1) is 0 Å². The SMILES string of the molecule is C=C(/C=C\C)CNCC. The standard InChI is InChI=1S/C8H15N/c1-4-6-8(3)7-9-5-2/h4,6,9H,3,5,7H2,1-2H3/b6-4-. The third-order valence-corrected chi connectivity index (χ3v) is 1.00. The molecule has 0 amide bonds. The molecule has 9 heavy (non-hydrogen) atoms. The molecule has 0 aliphatic carbocycles. The Balaban J connectivity index is 3.27. The molecule has 1 heteroatoms. The molecule has 0 rings (SSSR count). The molecule has 1 nitrogen and oxygen atoms in total. The molecule has 0 saturated carbocycles. The Bertz CT molecular complexity index is 103. The van der Waals surface area contributed by atoms with Crippen LogP contribution in [0.4, 0.5) is 0 Å². The number of hydrogen-bond donors (Lipinski definition) is 1. The second kappa shape index (κ2) is 5.57. The van der Waals surface area contributed by atoms with Gasteiger partial charge in [-0.3, -0.25) is 0 Å². The van der Waals surface area contributed by atoms with Gasteiger partial charge in [-0.05, 0) is 19.0 Å². The van der Waals surface area contributed by atoms with Crippen molar-refractivity contribution in [2.75, 3.05) is 13.1 Å². The molecule has 0 heterocycles. The van der Waals surface area contributed by atoms with Gasteiger partial charge < -0.3 is 5.32 Å². The molecule has 0 aliphatic heterocycles. The molecule has 0 aromatic carbocycles. The van der Waals surface area contributed by atoms with Gasteiger partial charge in [-0.15, -0.1) is 0 Å². The van der Waals surface area contributed by atoms with E-state index in [2.05, 4.69) is 18.8 Å². The Hall–Kier alpha value is -0.560. The molecule has 0 saturated heterocycles. The van der Waals surface area contributed by atoms with Gasteiger partial charge in [0.05, 0.1) is 0 Å². The Kier molecular flexibility index (Phi) is 5.23. The summed E-state index contributed by atoms with van der Waals surface area (Å²) in [6.07, 6.45) is 4.02. The lowest BCUT2D eigenvalue weighted by Gasteiger charge is -1.98. The highest BCUT2D eigenvalue weighted by atomic mass is 14.8. The van der Waals surface area contributed by atoms with Crippen molar-refractivity contribution in [1.82, 2.24) is 5.32 Å². The molecular formula is C8H15N. The van der Waals surface area contributed by atoms with Gasteiger partial charge in [0.15, 0.2) is 0 Å². The van der Waals surface area contributed by atoms with Crippen LogP contribution in [0.25, 0.3) is 0 Å². The van der Waals surface area contributed by atoms with Crippen molar-refractivity contribution in [2.45, 2.75) is 13.8 Å². The summed E-state index contributed by atoms with van der Waals surface area (Å²) in [6, 6.07) is 0. The summed E-state index contributed by atoms with van der Waals surface area (Å²) in [5, 5.41) is 3.18. The number of hydrogen-bond acceptors (Lipinski definition) is 1. The van der Waals surface area contributed by atoms with Crippen LogP contribution < -0.4 is 5.32 Å². The summed E-state index contributed by atoms with van der Waals surface area (Å²) >= 11 is 0. The maximum atomic E-state index is 3.83. The summed E-state index contributed by atoms with van der Waals surface area (Å²) in [5.41, 5.74) is 1.14. The highest BCUT2D eigenvalue weighted by Gasteiger charge is 1.82. The molecule has 0 unspecified atom stereocenters. The van der Waals surface area contributed by atoms with Crippen molar-refractivity contribution in [3.05, 3.63) is 24.3 Å². The minimum atomic E-state index is 0.904. The van der Waals surface area contributed by atoms with Gasteiger partial charge in [-0.1, -0.05) is 25.7 Å². The first-order valence-corrected chi connectivity index (χ1v) is 3.32. The van der Waals surface area contributed by atoms with Gasteiger partial charge in [0, 0.05) is 6.54 Å². The fourth-order valence-electron chi connectivity index (χ4n) is 0.580. The van der Waals surface area contributed by atoms with Crippen LogP contribution in [0.15, 0.2) is 24.3 Å². The summed E-state index contributed by atoms with van der Waals surface area (Å²) in [4.78, 5) is 0. The molecule has 0 aromatic heterocycles. The van der Waals surface area contributed by atoms with E-state index in [9.17, 15) is 0 Å². The predicted molar refractivity (Wildman–Crippen MR) is 42.5 cm³/mol. The lowest BCUT2D eigenvalue weighted by molar-refractivity contribution is 0.786. The summed E-state index contributed by atoms with van der Waals surface area (Å²) in [5.74, 6) is 0. The van der Waals surface area contributed by atoms with Crippen LogP contribution in [0.3, 0.4) is 0 Å². The molecular weight excluding hydrogens is 110 g/mol. The van der Waals surface area contributed by atoms with Gasteiger partial charge in [-0.2, -0.15) is 0 Å². The van der Waals surface area contributed by atoms with E-state index in [0.717, 1.165) is 18.7 Å². The van der Waals surface area contributed by atoms with Crippen molar-refractivity contribution < 1.29 is 0 Å². The molecule has 0 radical (unpaired) electrons. The minimum absolute atomic E-state index is 0.904. The van der Waals surface area contributed by atoms with Gasteiger partial charge in [0.1, 0.15) is 0 Å². The lowest BCUT2D eigenvalue weighted by Crippen LogP contribution is -2.14. The van der Waals surface area contributed by atoms with E-state index in [-0.39, 0.29) is 0 Å². The van der Waals surface area contributed by atoms with Crippen LogP contribution in [0.5, 0.6) is 0 Å². The average Bonchev–Trinajstić information content (AvgIpc) is 1.85. The normalized spacial score (nSPS) is 10.4. The third-order valence-electron chi connectivity index (χ3n) is 1.00. The van der Waals surface area contributed by atoms with Gasteiger partial charge in [0.25, 0.3) is 0 Å². The maximum absolute atomic E-state index is 3.83. The van der Waals surface area contributed by atoms with Crippen molar-refractivity contribution in [3.8, 4) is 0 Å². The minimum Gasteiger partial charge on any atom is -0.313 e. The highest BCUT2D eigenvalue weighted by Crippen LogP contribution is 1.88. The molecule has 0 atom stereocenters. The Morgan fingerprint density at radius 2 is 2.33 bits per heavy atom. The molecule has 52 valence electrons. The van der Waals surface area contributed by atoms with Crippen LogP contribution >= 0.6 is 0 Å². The number of rotatable bonds is 4. The number of nitrogens with one attached hydrogen (secondary N) is 1. The van der Waals surface area contributed by atoms with E-state index in [4.69, 9.17) is 0 Å². The van der Waals surface area contributed by atoms with Crippen molar-refractivity contribution >= 4 is 0 Å². The second-order valence-electron chi connectivity index (χ2n) is 1.94. The smallest absolute Gasteiger partial charge is 0.0199 e. The largest absolute Gasteiger partial charge is 0.313 e. The molecule has 1 N–H and O–H groups in total. The quantitative estimate of drug-likeness (QED) is 0.564. The monoisotopic (exact) mass is 125 g/mol. The van der Waals surface area contributed by atoms with Gasteiger partial charge >= 0.3 is 0 Å². The van der Waals surface area contributed by atoms with Crippen LogP contribution in [-0.2, 0) is 0 Å². The van der Waals surface area contributed by atoms with Crippen LogP contribution in [0.2, 0.25) is 0 Å². The molecule has 0 aliphatic rings. The third kappa shape index (κ3) is 5.31. The van der Waals surface area contributed by atoms with Gasteiger partial charge in [0.2, 0.25) is 0 Å². The number of allylic oxidation sites excluding steroid dienone is 1. The van der Waals surface area contributed by atoms with E-state index in [0.29, 0.717) is 0 Å². The first kappa shape index (κ1) is 8.44. The zero-order valence-corrected chi connectivity index (χ0v) is 6.28. The van der Waals surface area contributed by atoms with Gasteiger partial charge in [-0.25, -0.2) is 0 Å². The highest BCUT2D eigenvalue weighted by molar-refractivity contribution is 5.14. The molecule has 0 aromatic rings. The maximum Gasteiger partial charge on any atom is 0.0199 e. The van der Waals surface area contributed by atoms with E-state index < -0.39 is 0 Å². The molecule has 0 fully saturated rings. The van der Waals surface area contributed by atoms with Crippen LogP contribution in [-0.4, -0.2) is 13.1 Å². The summed E-state index contributed by atoms with van der Waals surface area (Å²) in [6.45, 7) is 9.83. The fraction of sp³-hybridized carbons (Fsp3) is 0.500. The van der Waals surface area contributed by atoms with E-state index in [1.807, 2.05) is 19.1 Å². The van der Waals surface area contributed by atoms with Crippen molar-refractivity contribution in [1.29, 1.82) is 0 Å². The Labute approximate surface area is 57.5 Å². The van der Waals surface area contributed by atoms with Crippen LogP contribution in [0.1, 0.15) is 13.8 Å². The van der Waals surface area contributed by atoms with E-state index in [1.165, 1.54) is 0 Å². The summed E-state index contributed by atoms with van der Waals surface area (Å²) in [7, 11) is 0. The number of likely N-dealkylation sites (N-methyl/N-ethyl adjacent to an activating group) is 1. The van der Waals surface area contributed by atoms with Crippen molar-refractivity contribution in [3.63, 3.8) is 0 Å². The topological polar surface area (TPSA) is 12.0 Å². The zero-order chi connectivity index (χ0) is 7.11. The fourth-order valence-corrected chi connectivity index (χ4v) is 0.580. The van der Waals surface area contributed by atoms with E-state index >= 15 is 0 Å². The summed E-state index contributed by atoms with van der Waals surface area (Å²) < 4.78 is 0. The van der Waals surface area contributed by atoms with Crippen molar-refractivity contribution in [2.24, 2.45) is 0 Å². The molecule has 0 spiro atoms. The predicted octanol–water partition coefficient (Wildman–Crippen LogP) is 1.73. The first-order valence-electron chi connectivity index (χ1n) is 3.32. The second-order valence-corrected chi connectivity index (χ2v) is 1.94.